The van der Waals surface area contributed by atoms with Crippen LogP contribution in [0, 0.1) is 6.92 Å². The predicted octanol–water partition coefficient (Wildman–Crippen LogP) is 4.64. The van der Waals surface area contributed by atoms with E-state index in [4.69, 9.17) is 13.9 Å². The van der Waals surface area contributed by atoms with E-state index >= 15 is 0 Å². The molecule has 1 fully saturated rings. The summed E-state index contributed by atoms with van der Waals surface area (Å²) in [6, 6.07) is 11.7. The fourth-order valence-corrected chi connectivity index (χ4v) is 4.44. The molecule has 0 radical (unpaired) electrons. The van der Waals surface area contributed by atoms with E-state index in [1.54, 1.807) is 25.4 Å². The zero-order valence-electron chi connectivity index (χ0n) is 19.1. The van der Waals surface area contributed by atoms with E-state index in [1.165, 1.54) is 12.8 Å². The van der Waals surface area contributed by atoms with Crippen LogP contribution in [-0.4, -0.2) is 48.2 Å². The Labute approximate surface area is 192 Å². The third-order valence-corrected chi connectivity index (χ3v) is 6.45. The van der Waals surface area contributed by atoms with E-state index in [1.807, 2.05) is 31.2 Å². The van der Waals surface area contributed by atoms with Crippen LogP contribution in [0.25, 0.3) is 33.5 Å². The lowest BCUT2D eigenvalue weighted by atomic mass is 10.0. The average molecular weight is 446 g/mol. The largest absolute Gasteiger partial charge is 0.496 e. The molecule has 2 aromatic heterocycles. The standard InChI is InChI=1S/C26H27N3O4/c1-16-6-7-17(9-24(16)32-14-18-5-4-8-29(18)2)21-11-23(30)19-10-20(26-13-27-15-33-26)25(31-3)12-22(19)28-21/h6-7,9-13,15,18H,4-5,8,14H2,1-3H3,(H,28,30)/t18-/m1/s1. The number of nitrogens with zero attached hydrogens (tertiary/aromatic N) is 2. The third-order valence-electron chi connectivity index (χ3n) is 6.45. The summed E-state index contributed by atoms with van der Waals surface area (Å²) in [5, 5.41) is 0.554. The van der Waals surface area contributed by atoms with Crippen LogP contribution in [0.1, 0.15) is 18.4 Å². The van der Waals surface area contributed by atoms with Gasteiger partial charge in [-0.05, 0) is 51.1 Å². The molecule has 1 atom stereocenters. The second kappa shape index (κ2) is 8.75. The van der Waals surface area contributed by atoms with E-state index in [-0.39, 0.29) is 5.43 Å². The number of fused-ring (bicyclic) bond motifs is 1. The molecule has 1 N–H and O–H groups in total. The molecular formula is C26H27N3O4. The SMILES string of the molecule is COc1cc2[nH]c(-c3ccc(C)c(OC[C@H]4CCCN4C)c3)cc(=O)c2cc1-c1cnco1. The van der Waals surface area contributed by atoms with Crippen molar-refractivity contribution < 1.29 is 13.9 Å². The maximum Gasteiger partial charge on any atom is 0.190 e. The Morgan fingerprint density at radius 1 is 1.21 bits per heavy atom. The van der Waals surface area contributed by atoms with Crippen LogP contribution in [0.4, 0.5) is 0 Å². The van der Waals surface area contributed by atoms with Crippen LogP contribution in [0.2, 0.25) is 0 Å². The number of hydrogen-bond acceptors (Lipinski definition) is 6. The Balaban J connectivity index is 1.51. The number of aromatic amines is 1. The normalized spacial score (nSPS) is 16.4. The van der Waals surface area contributed by atoms with Gasteiger partial charge in [-0.25, -0.2) is 4.98 Å². The monoisotopic (exact) mass is 445 g/mol. The summed E-state index contributed by atoms with van der Waals surface area (Å²) in [5.74, 6) is 1.98. The Morgan fingerprint density at radius 2 is 2.09 bits per heavy atom. The number of rotatable bonds is 6. The van der Waals surface area contributed by atoms with Crippen molar-refractivity contribution in [1.29, 1.82) is 0 Å². The van der Waals surface area contributed by atoms with E-state index in [9.17, 15) is 4.79 Å². The van der Waals surface area contributed by atoms with Gasteiger partial charge in [0.05, 0.1) is 24.4 Å². The molecule has 1 aliphatic heterocycles. The Bertz CT molecular complexity index is 1340. The lowest BCUT2D eigenvalue weighted by Crippen LogP contribution is -2.30. The quantitative estimate of drug-likeness (QED) is 0.466. The molecule has 0 amide bonds. The molecule has 4 aromatic rings. The molecule has 1 saturated heterocycles. The number of H-pyrrole nitrogens is 1. The maximum absolute atomic E-state index is 13.0. The summed E-state index contributed by atoms with van der Waals surface area (Å²) >= 11 is 0. The smallest absolute Gasteiger partial charge is 0.190 e. The first-order valence-electron chi connectivity index (χ1n) is 11.1. The summed E-state index contributed by atoms with van der Waals surface area (Å²) in [5.41, 5.74) is 3.98. The fourth-order valence-electron chi connectivity index (χ4n) is 4.44. The minimum Gasteiger partial charge on any atom is -0.496 e. The molecule has 170 valence electrons. The number of oxazole rings is 1. The molecule has 5 rings (SSSR count). The zero-order chi connectivity index (χ0) is 22.9. The first-order chi connectivity index (χ1) is 16.0. The van der Waals surface area contributed by atoms with Crippen molar-refractivity contribution in [2.45, 2.75) is 25.8 Å². The highest BCUT2D eigenvalue weighted by Gasteiger charge is 2.21. The molecule has 7 heteroatoms. The molecule has 0 saturated carbocycles. The van der Waals surface area contributed by atoms with Crippen molar-refractivity contribution in [1.82, 2.24) is 14.9 Å². The molecule has 7 nitrogen and oxygen atoms in total. The van der Waals surface area contributed by atoms with Gasteiger partial charge in [0.1, 0.15) is 18.1 Å². The van der Waals surface area contributed by atoms with Gasteiger partial charge >= 0.3 is 0 Å². The van der Waals surface area contributed by atoms with Crippen molar-refractivity contribution in [3.05, 3.63) is 64.8 Å². The maximum atomic E-state index is 13.0. The Morgan fingerprint density at radius 3 is 2.82 bits per heavy atom. The first-order valence-corrected chi connectivity index (χ1v) is 11.1. The lowest BCUT2D eigenvalue weighted by molar-refractivity contribution is 0.197. The van der Waals surface area contributed by atoms with Crippen molar-refractivity contribution in [2.24, 2.45) is 0 Å². The molecule has 0 unspecified atom stereocenters. The van der Waals surface area contributed by atoms with E-state index < -0.39 is 0 Å². The number of pyridine rings is 1. The molecule has 1 aliphatic rings. The van der Waals surface area contributed by atoms with E-state index in [0.717, 1.165) is 35.5 Å². The Kier molecular flexibility index (Phi) is 5.64. The van der Waals surface area contributed by atoms with Crippen LogP contribution in [0.3, 0.4) is 0 Å². The highest BCUT2D eigenvalue weighted by molar-refractivity contribution is 5.88. The van der Waals surface area contributed by atoms with Crippen LogP contribution in [0.15, 0.2) is 58.2 Å². The van der Waals surface area contributed by atoms with E-state index in [0.29, 0.717) is 40.6 Å². The first kappa shape index (κ1) is 21.3. The summed E-state index contributed by atoms with van der Waals surface area (Å²) in [4.78, 5) is 22.7. The molecular weight excluding hydrogens is 418 g/mol. The molecule has 0 aliphatic carbocycles. The molecule has 0 spiro atoms. The molecule has 0 bridgehead atoms. The topological polar surface area (TPSA) is 80.6 Å². The zero-order valence-corrected chi connectivity index (χ0v) is 19.1. The highest BCUT2D eigenvalue weighted by atomic mass is 16.5. The third kappa shape index (κ3) is 4.12. The fraction of sp³-hybridized carbons (Fsp3) is 0.308. The minimum absolute atomic E-state index is 0.0854. The summed E-state index contributed by atoms with van der Waals surface area (Å²) < 4.78 is 17.2. The van der Waals surface area contributed by atoms with Gasteiger partial charge in [-0.15, -0.1) is 0 Å². The number of aromatic nitrogens is 2. The van der Waals surface area contributed by atoms with Gasteiger partial charge in [-0.3, -0.25) is 4.79 Å². The van der Waals surface area contributed by atoms with Gasteiger partial charge in [0.25, 0.3) is 0 Å². The lowest BCUT2D eigenvalue weighted by Gasteiger charge is -2.20. The number of likely N-dealkylation sites (N-methyl/N-ethyl adjacent to an activating group) is 1. The minimum atomic E-state index is -0.0854. The Hall–Kier alpha value is -3.58. The number of methoxy groups -OCH3 is 1. The molecule has 2 aromatic carbocycles. The van der Waals surface area contributed by atoms with Crippen LogP contribution >= 0.6 is 0 Å². The number of hydrogen-bond donors (Lipinski definition) is 1. The van der Waals surface area contributed by atoms with Gasteiger partial charge in [0.15, 0.2) is 17.6 Å². The number of aryl methyl sites for hydroxylation is 1. The summed E-state index contributed by atoms with van der Waals surface area (Å²) in [7, 11) is 3.74. The number of ether oxygens (including phenoxy) is 2. The average Bonchev–Trinajstić information content (AvgIpc) is 3.49. The van der Waals surface area contributed by atoms with Crippen molar-refractivity contribution in [2.75, 3.05) is 27.3 Å². The van der Waals surface area contributed by atoms with Crippen molar-refractivity contribution in [3.8, 4) is 34.1 Å². The van der Waals surface area contributed by atoms with Gasteiger partial charge in [0, 0.05) is 34.8 Å². The number of likely N-dealkylation sites (tertiary alicyclic amines) is 1. The van der Waals surface area contributed by atoms with Gasteiger partial charge in [-0.1, -0.05) is 12.1 Å². The van der Waals surface area contributed by atoms with Gasteiger partial charge in [-0.2, -0.15) is 0 Å². The second-order valence-corrected chi connectivity index (χ2v) is 8.58. The molecule has 3 heterocycles. The van der Waals surface area contributed by atoms with Gasteiger partial charge < -0.3 is 23.8 Å². The molecule has 33 heavy (non-hydrogen) atoms. The predicted molar refractivity (Wildman–Crippen MR) is 128 cm³/mol. The van der Waals surface area contributed by atoms with Crippen LogP contribution in [0.5, 0.6) is 11.5 Å². The van der Waals surface area contributed by atoms with Crippen molar-refractivity contribution in [3.63, 3.8) is 0 Å². The number of benzene rings is 2. The van der Waals surface area contributed by atoms with Gasteiger partial charge in [0.2, 0.25) is 0 Å². The van der Waals surface area contributed by atoms with Crippen LogP contribution < -0.4 is 14.9 Å². The number of nitrogens with one attached hydrogen (secondary N) is 1. The summed E-state index contributed by atoms with van der Waals surface area (Å²) in [6.07, 6.45) is 5.33. The van der Waals surface area contributed by atoms with Crippen molar-refractivity contribution >= 4 is 10.9 Å². The second-order valence-electron chi connectivity index (χ2n) is 8.58. The highest BCUT2D eigenvalue weighted by Crippen LogP contribution is 2.34. The van der Waals surface area contributed by atoms with Crippen LogP contribution in [-0.2, 0) is 0 Å². The summed E-state index contributed by atoms with van der Waals surface area (Å²) in [6.45, 7) is 3.82. The van der Waals surface area contributed by atoms with E-state index in [2.05, 4.69) is 21.9 Å².